The topological polar surface area (TPSA) is 84.9 Å². The maximum absolute atomic E-state index is 11.7. The molecule has 2 aromatic heterocycles. The number of pyridine rings is 1. The maximum atomic E-state index is 11.7. The van der Waals surface area contributed by atoms with E-state index in [0.29, 0.717) is 22.7 Å². The molecule has 0 aliphatic heterocycles. The standard InChI is InChI=1S/C10H11N3O2/c1-5-3-8(14)7(4-12-5)9-6(2)10(11)13-15-9/h3-4H,1-2H3,(H2,11,13)(H,12,14). The number of nitrogen functional groups attached to an aromatic ring is 1. The van der Waals surface area contributed by atoms with Gasteiger partial charge in [-0.25, -0.2) is 0 Å². The molecule has 0 aromatic carbocycles. The molecule has 0 bridgehead atoms. The van der Waals surface area contributed by atoms with Gasteiger partial charge in [0.05, 0.1) is 5.56 Å². The number of nitrogens with two attached hydrogens (primary N) is 1. The zero-order valence-electron chi connectivity index (χ0n) is 8.50. The van der Waals surface area contributed by atoms with Crippen LogP contribution in [0.5, 0.6) is 0 Å². The number of aryl methyl sites for hydroxylation is 1. The minimum Gasteiger partial charge on any atom is -0.381 e. The fourth-order valence-corrected chi connectivity index (χ4v) is 1.35. The normalized spacial score (nSPS) is 10.5. The van der Waals surface area contributed by atoms with E-state index in [0.717, 1.165) is 5.69 Å². The molecule has 5 nitrogen and oxygen atoms in total. The highest BCUT2D eigenvalue weighted by molar-refractivity contribution is 5.64. The zero-order valence-corrected chi connectivity index (χ0v) is 8.50. The Morgan fingerprint density at radius 3 is 2.73 bits per heavy atom. The summed E-state index contributed by atoms with van der Waals surface area (Å²) in [7, 11) is 0. The van der Waals surface area contributed by atoms with Gasteiger partial charge in [0.2, 0.25) is 0 Å². The van der Waals surface area contributed by atoms with Crippen molar-refractivity contribution in [3.8, 4) is 11.3 Å². The third-order valence-corrected chi connectivity index (χ3v) is 2.26. The predicted molar refractivity (Wildman–Crippen MR) is 56.4 cm³/mol. The van der Waals surface area contributed by atoms with Crippen molar-refractivity contribution in [2.45, 2.75) is 13.8 Å². The van der Waals surface area contributed by atoms with Crippen LogP contribution in [0, 0.1) is 13.8 Å². The second kappa shape index (κ2) is 3.27. The Labute approximate surface area is 85.9 Å². The van der Waals surface area contributed by atoms with E-state index >= 15 is 0 Å². The van der Waals surface area contributed by atoms with Crippen LogP contribution in [0.4, 0.5) is 5.82 Å². The van der Waals surface area contributed by atoms with Crippen LogP contribution in [0.15, 0.2) is 21.6 Å². The van der Waals surface area contributed by atoms with Crippen LogP contribution in [-0.4, -0.2) is 10.1 Å². The van der Waals surface area contributed by atoms with Crippen LogP contribution in [-0.2, 0) is 0 Å². The van der Waals surface area contributed by atoms with Crippen molar-refractivity contribution < 1.29 is 4.52 Å². The quantitative estimate of drug-likeness (QED) is 0.733. The van der Waals surface area contributed by atoms with Gasteiger partial charge in [0, 0.05) is 23.5 Å². The molecule has 0 aliphatic carbocycles. The van der Waals surface area contributed by atoms with Crippen molar-refractivity contribution in [3.05, 3.63) is 33.7 Å². The molecular formula is C10H11N3O2. The van der Waals surface area contributed by atoms with E-state index < -0.39 is 0 Å². The second-order valence-corrected chi connectivity index (χ2v) is 3.42. The molecule has 0 saturated carbocycles. The van der Waals surface area contributed by atoms with Crippen LogP contribution in [0.2, 0.25) is 0 Å². The summed E-state index contributed by atoms with van der Waals surface area (Å²) in [5.41, 5.74) is 7.37. The molecule has 2 aromatic rings. The van der Waals surface area contributed by atoms with Crippen molar-refractivity contribution in [1.29, 1.82) is 0 Å². The van der Waals surface area contributed by atoms with Crippen LogP contribution in [0.1, 0.15) is 11.3 Å². The first-order chi connectivity index (χ1) is 7.09. The lowest BCUT2D eigenvalue weighted by Crippen LogP contribution is -2.05. The molecule has 0 saturated heterocycles. The minimum absolute atomic E-state index is 0.106. The highest BCUT2D eigenvalue weighted by Gasteiger charge is 2.14. The smallest absolute Gasteiger partial charge is 0.192 e. The molecule has 0 atom stereocenters. The molecule has 78 valence electrons. The number of nitrogens with zero attached hydrogens (tertiary/aromatic N) is 1. The molecule has 0 amide bonds. The maximum Gasteiger partial charge on any atom is 0.192 e. The summed E-state index contributed by atoms with van der Waals surface area (Å²) in [5.74, 6) is 0.735. The number of anilines is 1. The largest absolute Gasteiger partial charge is 0.381 e. The Morgan fingerprint density at radius 2 is 2.20 bits per heavy atom. The lowest BCUT2D eigenvalue weighted by molar-refractivity contribution is 0.435. The zero-order chi connectivity index (χ0) is 11.0. The monoisotopic (exact) mass is 205 g/mol. The molecule has 2 heterocycles. The molecule has 5 heteroatoms. The first kappa shape index (κ1) is 9.51. The van der Waals surface area contributed by atoms with E-state index in [1.165, 1.54) is 6.07 Å². The highest BCUT2D eigenvalue weighted by Crippen LogP contribution is 2.23. The van der Waals surface area contributed by atoms with Gasteiger partial charge in [-0.05, 0) is 13.8 Å². The van der Waals surface area contributed by atoms with Crippen molar-refractivity contribution in [2.24, 2.45) is 0 Å². The lowest BCUT2D eigenvalue weighted by atomic mass is 10.1. The van der Waals surface area contributed by atoms with E-state index in [1.807, 2.05) is 6.92 Å². The van der Waals surface area contributed by atoms with E-state index in [4.69, 9.17) is 10.3 Å². The fourth-order valence-electron chi connectivity index (χ4n) is 1.35. The van der Waals surface area contributed by atoms with Crippen molar-refractivity contribution in [1.82, 2.24) is 10.1 Å². The van der Waals surface area contributed by atoms with Gasteiger partial charge in [-0.1, -0.05) is 5.16 Å². The summed E-state index contributed by atoms with van der Waals surface area (Å²) < 4.78 is 5.01. The summed E-state index contributed by atoms with van der Waals surface area (Å²) in [4.78, 5) is 14.6. The molecular weight excluding hydrogens is 194 g/mol. The summed E-state index contributed by atoms with van der Waals surface area (Å²) in [5, 5.41) is 3.61. The Hall–Kier alpha value is -2.04. The number of H-pyrrole nitrogens is 1. The first-order valence-electron chi connectivity index (χ1n) is 4.51. The summed E-state index contributed by atoms with van der Waals surface area (Å²) >= 11 is 0. The Morgan fingerprint density at radius 1 is 1.47 bits per heavy atom. The lowest BCUT2D eigenvalue weighted by Gasteiger charge is -1.97. The molecule has 2 rings (SSSR count). The Balaban J connectivity index is 2.65. The molecule has 15 heavy (non-hydrogen) atoms. The summed E-state index contributed by atoms with van der Waals surface area (Å²) in [6, 6.07) is 1.51. The van der Waals surface area contributed by atoms with Crippen LogP contribution in [0.25, 0.3) is 11.3 Å². The van der Waals surface area contributed by atoms with Crippen molar-refractivity contribution in [3.63, 3.8) is 0 Å². The predicted octanol–water partition coefficient (Wildman–Crippen LogP) is 1.23. The molecule has 3 N–H and O–H groups in total. The van der Waals surface area contributed by atoms with Crippen molar-refractivity contribution >= 4 is 5.82 Å². The van der Waals surface area contributed by atoms with Crippen LogP contribution < -0.4 is 11.2 Å². The Bertz CT molecular complexity index is 554. The average Bonchev–Trinajstić information content (AvgIpc) is 2.49. The number of hydrogen-bond acceptors (Lipinski definition) is 4. The van der Waals surface area contributed by atoms with Crippen LogP contribution >= 0.6 is 0 Å². The SMILES string of the molecule is Cc1cc(=O)c(-c2onc(N)c2C)c[nH]1. The number of aromatic nitrogens is 2. The van der Waals surface area contributed by atoms with Gasteiger partial charge in [-0.3, -0.25) is 4.79 Å². The summed E-state index contributed by atoms with van der Waals surface area (Å²) in [6.45, 7) is 3.58. The fraction of sp³-hybridized carbons (Fsp3) is 0.200. The molecule has 0 radical (unpaired) electrons. The van der Waals surface area contributed by atoms with Gasteiger partial charge in [0.25, 0.3) is 0 Å². The highest BCUT2D eigenvalue weighted by atomic mass is 16.5. The van der Waals surface area contributed by atoms with Gasteiger partial charge in [-0.15, -0.1) is 0 Å². The molecule has 0 unspecified atom stereocenters. The van der Waals surface area contributed by atoms with Gasteiger partial charge >= 0.3 is 0 Å². The summed E-state index contributed by atoms with van der Waals surface area (Å²) in [6.07, 6.45) is 1.60. The first-order valence-corrected chi connectivity index (χ1v) is 4.51. The van der Waals surface area contributed by atoms with Gasteiger partial charge in [-0.2, -0.15) is 0 Å². The number of aromatic amines is 1. The molecule has 0 spiro atoms. The minimum atomic E-state index is -0.106. The van der Waals surface area contributed by atoms with E-state index in [9.17, 15) is 4.79 Å². The van der Waals surface area contributed by atoms with E-state index in [-0.39, 0.29) is 5.43 Å². The number of rotatable bonds is 1. The second-order valence-electron chi connectivity index (χ2n) is 3.42. The van der Waals surface area contributed by atoms with Gasteiger partial charge in [0.15, 0.2) is 17.0 Å². The Kier molecular flexibility index (Phi) is 2.07. The van der Waals surface area contributed by atoms with Gasteiger partial charge < -0.3 is 15.2 Å². The average molecular weight is 205 g/mol. The van der Waals surface area contributed by atoms with E-state index in [2.05, 4.69) is 10.1 Å². The third kappa shape index (κ3) is 1.52. The molecule has 0 aliphatic rings. The van der Waals surface area contributed by atoms with Crippen LogP contribution in [0.3, 0.4) is 0 Å². The number of hydrogen-bond donors (Lipinski definition) is 2. The van der Waals surface area contributed by atoms with Gasteiger partial charge in [0.1, 0.15) is 0 Å². The number of nitrogens with one attached hydrogen (secondary N) is 1. The van der Waals surface area contributed by atoms with Crippen molar-refractivity contribution in [2.75, 3.05) is 5.73 Å². The molecule has 0 fully saturated rings. The third-order valence-electron chi connectivity index (χ3n) is 2.26. The van der Waals surface area contributed by atoms with E-state index in [1.54, 1.807) is 13.1 Å².